The van der Waals surface area contributed by atoms with Crippen molar-refractivity contribution in [3.05, 3.63) is 58.1 Å². The summed E-state index contributed by atoms with van der Waals surface area (Å²) >= 11 is 1.45. The molecule has 2 aromatic carbocycles. The molecule has 0 bridgehead atoms. The van der Waals surface area contributed by atoms with Gasteiger partial charge < -0.3 is 10.2 Å². The summed E-state index contributed by atoms with van der Waals surface area (Å²) < 4.78 is 25.6. The summed E-state index contributed by atoms with van der Waals surface area (Å²) in [5.41, 5.74) is 1.80. The molecule has 10 nitrogen and oxygen atoms in total. The van der Waals surface area contributed by atoms with Crippen LogP contribution in [0, 0.1) is 17.0 Å². The summed E-state index contributed by atoms with van der Waals surface area (Å²) in [5, 5.41) is 14.7. The first-order chi connectivity index (χ1) is 16.7. The lowest BCUT2D eigenvalue weighted by molar-refractivity contribution is -0.384. The van der Waals surface area contributed by atoms with Gasteiger partial charge >= 0.3 is 0 Å². The number of fused-ring (bicyclic) bond motifs is 1. The van der Waals surface area contributed by atoms with E-state index in [0.717, 1.165) is 47.1 Å². The summed E-state index contributed by atoms with van der Waals surface area (Å²) in [6.07, 6.45) is -0.0697. The van der Waals surface area contributed by atoms with Crippen molar-refractivity contribution in [3.8, 4) is 0 Å². The van der Waals surface area contributed by atoms with Crippen molar-refractivity contribution in [3.63, 3.8) is 0 Å². The average molecular weight is 518 g/mol. The summed E-state index contributed by atoms with van der Waals surface area (Å²) in [6, 6.07) is 11.3. The molecular formula is C23H27N5O5S2. The second-order valence-corrected chi connectivity index (χ2v) is 11.6. The normalized spacial score (nSPS) is 14.8. The number of rotatable bonds is 9. The molecule has 1 aromatic heterocycles. The van der Waals surface area contributed by atoms with Gasteiger partial charge in [-0.15, -0.1) is 0 Å². The molecule has 4 rings (SSSR count). The first-order valence-corrected chi connectivity index (χ1v) is 13.8. The van der Waals surface area contributed by atoms with Gasteiger partial charge in [-0.2, -0.15) is 0 Å². The van der Waals surface area contributed by atoms with E-state index in [1.165, 1.54) is 17.4 Å². The Kier molecular flexibility index (Phi) is 7.63. The lowest BCUT2D eigenvalue weighted by Crippen LogP contribution is -2.48. The Bertz CT molecular complexity index is 1320. The van der Waals surface area contributed by atoms with Crippen molar-refractivity contribution >= 4 is 48.1 Å². The lowest BCUT2D eigenvalue weighted by Gasteiger charge is -2.34. The number of anilines is 1. The lowest BCUT2D eigenvalue weighted by atomic mass is 10.2. The second-order valence-electron chi connectivity index (χ2n) is 8.47. The van der Waals surface area contributed by atoms with Gasteiger partial charge in [0.25, 0.3) is 5.69 Å². The molecule has 1 aliphatic heterocycles. The van der Waals surface area contributed by atoms with Gasteiger partial charge in [-0.05, 0) is 25.1 Å². The van der Waals surface area contributed by atoms with Gasteiger partial charge in [0.05, 0.1) is 25.8 Å². The number of nitrogens with one attached hydrogen (secondary N) is 1. The third-order valence-electron chi connectivity index (χ3n) is 5.94. The monoisotopic (exact) mass is 517 g/mol. The predicted molar refractivity (Wildman–Crippen MR) is 136 cm³/mol. The van der Waals surface area contributed by atoms with Crippen molar-refractivity contribution in [1.29, 1.82) is 0 Å². The first-order valence-electron chi connectivity index (χ1n) is 11.3. The van der Waals surface area contributed by atoms with Crippen LogP contribution in [0.15, 0.2) is 47.4 Å². The van der Waals surface area contributed by atoms with E-state index in [0.29, 0.717) is 13.1 Å². The minimum absolute atomic E-state index is 0.0623. The molecule has 12 heteroatoms. The minimum atomic E-state index is -3.48. The summed E-state index contributed by atoms with van der Waals surface area (Å²) in [5.74, 6) is -0.491. The summed E-state index contributed by atoms with van der Waals surface area (Å²) in [6.45, 7) is 6.15. The molecule has 35 heavy (non-hydrogen) atoms. The minimum Gasteiger partial charge on any atom is -0.355 e. The fraction of sp³-hybridized carbons (Fsp3) is 0.391. The summed E-state index contributed by atoms with van der Waals surface area (Å²) in [7, 11) is -3.48. The Hall–Kier alpha value is -3.09. The number of nitro groups is 1. The third kappa shape index (κ3) is 6.32. The van der Waals surface area contributed by atoms with Crippen molar-refractivity contribution in [2.45, 2.75) is 18.2 Å². The number of amides is 1. The number of hydrogen-bond donors (Lipinski definition) is 1. The van der Waals surface area contributed by atoms with Crippen LogP contribution in [0.3, 0.4) is 0 Å². The molecule has 1 N–H and O–H groups in total. The van der Waals surface area contributed by atoms with Crippen LogP contribution in [0.1, 0.15) is 12.0 Å². The number of aryl methyl sites for hydroxylation is 1. The van der Waals surface area contributed by atoms with Crippen LogP contribution in [0.2, 0.25) is 0 Å². The number of carbonyl (C=O) groups is 1. The second kappa shape index (κ2) is 10.7. The molecule has 0 atom stereocenters. The van der Waals surface area contributed by atoms with Crippen LogP contribution in [0.25, 0.3) is 10.2 Å². The highest BCUT2D eigenvalue weighted by atomic mass is 32.2. The number of nitrogens with zero attached hydrogens (tertiary/aromatic N) is 4. The number of piperazine rings is 1. The van der Waals surface area contributed by atoms with Gasteiger partial charge in [-0.1, -0.05) is 29.0 Å². The van der Waals surface area contributed by atoms with E-state index in [-0.39, 0.29) is 28.7 Å². The van der Waals surface area contributed by atoms with Gasteiger partial charge in [-0.25, -0.2) is 13.4 Å². The quantitative estimate of drug-likeness (QED) is 0.339. The highest BCUT2D eigenvalue weighted by Gasteiger charge is 2.21. The predicted octanol–water partition coefficient (Wildman–Crippen LogP) is 2.62. The Morgan fingerprint density at radius 3 is 2.54 bits per heavy atom. The number of sulfone groups is 1. The van der Waals surface area contributed by atoms with Crippen LogP contribution < -0.4 is 10.2 Å². The van der Waals surface area contributed by atoms with Gasteiger partial charge in [0.1, 0.15) is 0 Å². The smallest absolute Gasteiger partial charge is 0.270 e. The zero-order valence-corrected chi connectivity index (χ0v) is 21.0. The topological polar surface area (TPSA) is 126 Å². The van der Waals surface area contributed by atoms with E-state index in [4.69, 9.17) is 0 Å². The molecule has 1 amide bonds. The Labute approximate surface area is 207 Å². The maximum Gasteiger partial charge on any atom is 0.270 e. The molecule has 0 saturated carbocycles. The van der Waals surface area contributed by atoms with Gasteiger partial charge in [0.2, 0.25) is 5.91 Å². The molecule has 3 aromatic rings. The fourth-order valence-electron chi connectivity index (χ4n) is 3.85. The highest BCUT2D eigenvalue weighted by Crippen LogP contribution is 2.31. The number of carbonyl (C=O) groups excluding carboxylic acids is 1. The molecule has 2 heterocycles. The van der Waals surface area contributed by atoms with E-state index >= 15 is 0 Å². The standard InChI is InChI=1S/C23H27N5O5S2/c1-17-2-5-19(6-3-17)35(32,33)15-8-22(29)24-9-10-26-11-13-27(14-12-26)23-25-20-7-4-18(28(30)31)16-21(20)34-23/h2-7,16H,8-15H2,1H3,(H,24,29). The number of thiazole rings is 1. The molecule has 1 aliphatic rings. The summed E-state index contributed by atoms with van der Waals surface area (Å²) in [4.78, 5) is 32.0. The maximum atomic E-state index is 12.4. The van der Waals surface area contributed by atoms with Gasteiger partial charge in [0.15, 0.2) is 15.0 Å². The van der Waals surface area contributed by atoms with Crippen LogP contribution in [-0.4, -0.2) is 74.2 Å². The maximum absolute atomic E-state index is 12.4. The van der Waals surface area contributed by atoms with Gasteiger partial charge in [-0.3, -0.25) is 19.8 Å². The zero-order chi connectivity index (χ0) is 25.0. The van der Waals surface area contributed by atoms with E-state index in [1.807, 2.05) is 6.92 Å². The Morgan fingerprint density at radius 1 is 1.14 bits per heavy atom. The number of non-ortho nitro benzene ring substituents is 1. The van der Waals surface area contributed by atoms with Crippen molar-refractivity contribution in [2.24, 2.45) is 0 Å². The molecule has 0 unspecified atom stereocenters. The third-order valence-corrected chi connectivity index (χ3v) is 8.75. The van der Waals surface area contributed by atoms with Crippen LogP contribution in [0.4, 0.5) is 10.8 Å². The molecule has 1 saturated heterocycles. The largest absolute Gasteiger partial charge is 0.355 e. The number of aromatic nitrogens is 1. The van der Waals surface area contributed by atoms with Crippen molar-refractivity contribution in [1.82, 2.24) is 15.2 Å². The highest BCUT2D eigenvalue weighted by molar-refractivity contribution is 7.91. The van der Waals surface area contributed by atoms with Crippen LogP contribution >= 0.6 is 11.3 Å². The van der Waals surface area contributed by atoms with Crippen molar-refractivity contribution in [2.75, 3.05) is 49.9 Å². The number of benzene rings is 2. The zero-order valence-electron chi connectivity index (χ0n) is 19.3. The first kappa shape index (κ1) is 25.0. The van der Waals surface area contributed by atoms with E-state index in [9.17, 15) is 23.3 Å². The molecular weight excluding hydrogens is 490 g/mol. The van der Waals surface area contributed by atoms with E-state index < -0.39 is 14.8 Å². The SMILES string of the molecule is Cc1ccc(S(=O)(=O)CCC(=O)NCCN2CCN(c3nc4ccc([N+](=O)[O-])cc4s3)CC2)cc1. The van der Waals surface area contributed by atoms with Crippen molar-refractivity contribution < 1.29 is 18.1 Å². The molecule has 0 radical (unpaired) electrons. The van der Waals surface area contributed by atoms with E-state index in [2.05, 4.69) is 20.1 Å². The van der Waals surface area contributed by atoms with Crippen LogP contribution in [0.5, 0.6) is 0 Å². The Balaban J connectivity index is 1.19. The van der Waals surface area contributed by atoms with E-state index in [1.54, 1.807) is 36.4 Å². The Morgan fingerprint density at radius 2 is 1.86 bits per heavy atom. The van der Waals surface area contributed by atoms with Crippen LogP contribution in [-0.2, 0) is 14.6 Å². The molecule has 1 fully saturated rings. The van der Waals surface area contributed by atoms with Gasteiger partial charge in [0, 0.05) is 57.8 Å². The molecule has 186 valence electrons. The number of nitro benzene ring substituents is 1. The fourth-order valence-corrected chi connectivity index (χ4v) is 6.14. The molecule has 0 spiro atoms. The molecule has 0 aliphatic carbocycles. The average Bonchev–Trinajstić information content (AvgIpc) is 3.27. The number of hydrogen-bond acceptors (Lipinski definition) is 9.